The molecule has 2 N–H and O–H groups in total. The van der Waals surface area contributed by atoms with E-state index in [9.17, 15) is 14.4 Å². The van der Waals surface area contributed by atoms with Crippen molar-refractivity contribution in [2.75, 3.05) is 11.9 Å². The molecule has 1 heterocycles. The topological polar surface area (TPSA) is 97.6 Å². The molecule has 2 aromatic carbocycles. The van der Waals surface area contributed by atoms with Crippen molar-refractivity contribution in [3.63, 3.8) is 0 Å². The van der Waals surface area contributed by atoms with E-state index in [0.717, 1.165) is 11.1 Å². The highest BCUT2D eigenvalue weighted by molar-refractivity contribution is 6.04. The normalized spacial score (nSPS) is 10.6. The Labute approximate surface area is 179 Å². The summed E-state index contributed by atoms with van der Waals surface area (Å²) in [5.74, 6) is -0.946. The van der Waals surface area contributed by atoms with Crippen molar-refractivity contribution >= 4 is 29.5 Å². The number of para-hydroxylation sites is 1. The van der Waals surface area contributed by atoms with Crippen LogP contribution in [0.5, 0.6) is 0 Å². The first-order valence-corrected chi connectivity index (χ1v) is 9.63. The zero-order chi connectivity index (χ0) is 22.1. The maximum atomic E-state index is 12.5. The number of hydrogen-bond acceptors (Lipinski definition) is 5. The lowest BCUT2D eigenvalue weighted by Crippen LogP contribution is -2.26. The summed E-state index contributed by atoms with van der Waals surface area (Å²) in [5.41, 5.74) is 2.51. The number of furan rings is 1. The molecule has 3 rings (SSSR count). The van der Waals surface area contributed by atoms with Gasteiger partial charge in [0.05, 0.1) is 24.1 Å². The zero-order valence-electron chi connectivity index (χ0n) is 17.0. The van der Waals surface area contributed by atoms with E-state index in [1.807, 2.05) is 31.2 Å². The summed E-state index contributed by atoms with van der Waals surface area (Å²) >= 11 is 0. The Bertz CT molecular complexity index is 1090. The number of benzene rings is 2. The molecule has 3 aromatic rings. The number of carbonyl (C=O) groups excluding carboxylic acids is 3. The SMILES string of the molecule is Cc1ccccc1/C=C/C(=O)OCC(=O)Nc1ccccc1C(=O)NCc1ccco1. The van der Waals surface area contributed by atoms with Crippen molar-refractivity contribution in [3.8, 4) is 0 Å². The Morgan fingerprint density at radius 2 is 1.77 bits per heavy atom. The van der Waals surface area contributed by atoms with Crippen molar-refractivity contribution in [1.29, 1.82) is 0 Å². The minimum atomic E-state index is -0.636. The highest BCUT2D eigenvalue weighted by Gasteiger charge is 2.14. The molecule has 0 fully saturated rings. The second-order valence-corrected chi connectivity index (χ2v) is 6.65. The Kier molecular flexibility index (Phi) is 7.37. The number of esters is 1. The van der Waals surface area contributed by atoms with Crippen LogP contribution in [0.3, 0.4) is 0 Å². The second kappa shape index (κ2) is 10.6. The first-order valence-electron chi connectivity index (χ1n) is 9.63. The number of anilines is 1. The number of carbonyl (C=O) groups is 3. The molecular weight excluding hydrogens is 396 g/mol. The molecule has 158 valence electrons. The van der Waals surface area contributed by atoms with E-state index in [0.29, 0.717) is 11.4 Å². The Balaban J connectivity index is 1.52. The van der Waals surface area contributed by atoms with Crippen LogP contribution >= 0.6 is 0 Å². The van der Waals surface area contributed by atoms with E-state index < -0.39 is 18.5 Å². The van der Waals surface area contributed by atoms with Gasteiger partial charge in [-0.3, -0.25) is 9.59 Å². The third-order valence-corrected chi connectivity index (χ3v) is 4.38. The molecule has 0 aliphatic heterocycles. The molecule has 0 aliphatic rings. The van der Waals surface area contributed by atoms with Gasteiger partial charge in [0.25, 0.3) is 11.8 Å². The largest absolute Gasteiger partial charge is 0.467 e. The lowest BCUT2D eigenvalue weighted by atomic mass is 10.1. The molecule has 2 amide bonds. The van der Waals surface area contributed by atoms with Gasteiger partial charge in [-0.2, -0.15) is 0 Å². The summed E-state index contributed by atoms with van der Waals surface area (Å²) in [5, 5.41) is 5.32. The van der Waals surface area contributed by atoms with Crippen LogP contribution in [0.4, 0.5) is 5.69 Å². The number of ether oxygens (including phenoxy) is 1. The van der Waals surface area contributed by atoms with Gasteiger partial charge >= 0.3 is 5.97 Å². The van der Waals surface area contributed by atoms with Gasteiger partial charge in [0, 0.05) is 6.08 Å². The summed E-state index contributed by atoms with van der Waals surface area (Å²) in [6.45, 7) is 1.68. The number of hydrogen-bond donors (Lipinski definition) is 2. The lowest BCUT2D eigenvalue weighted by Gasteiger charge is -2.11. The van der Waals surface area contributed by atoms with Gasteiger partial charge < -0.3 is 19.8 Å². The Morgan fingerprint density at radius 3 is 2.55 bits per heavy atom. The van der Waals surface area contributed by atoms with Crippen molar-refractivity contribution in [2.45, 2.75) is 13.5 Å². The van der Waals surface area contributed by atoms with Gasteiger partial charge in [-0.05, 0) is 48.4 Å². The molecule has 1 aromatic heterocycles. The van der Waals surface area contributed by atoms with Crippen molar-refractivity contribution < 1.29 is 23.5 Å². The molecule has 0 saturated heterocycles. The van der Waals surface area contributed by atoms with Gasteiger partial charge in [-0.1, -0.05) is 36.4 Å². The summed E-state index contributed by atoms with van der Waals surface area (Å²) in [7, 11) is 0. The maximum absolute atomic E-state index is 12.5. The minimum Gasteiger partial charge on any atom is -0.467 e. The van der Waals surface area contributed by atoms with Crippen LogP contribution in [0, 0.1) is 6.92 Å². The quantitative estimate of drug-likeness (QED) is 0.429. The summed E-state index contributed by atoms with van der Waals surface area (Å²) in [6.07, 6.45) is 4.42. The van der Waals surface area contributed by atoms with E-state index in [1.54, 1.807) is 42.5 Å². The first kappa shape index (κ1) is 21.6. The van der Waals surface area contributed by atoms with Crippen LogP contribution in [-0.2, 0) is 20.9 Å². The van der Waals surface area contributed by atoms with Crippen LogP contribution in [0.25, 0.3) is 6.08 Å². The highest BCUT2D eigenvalue weighted by Crippen LogP contribution is 2.15. The van der Waals surface area contributed by atoms with E-state index >= 15 is 0 Å². The molecule has 0 spiro atoms. The van der Waals surface area contributed by atoms with Crippen molar-refractivity contribution in [1.82, 2.24) is 5.32 Å². The molecular formula is C24H22N2O5. The van der Waals surface area contributed by atoms with Crippen LogP contribution < -0.4 is 10.6 Å². The molecule has 7 nitrogen and oxygen atoms in total. The predicted octanol–water partition coefficient (Wildman–Crippen LogP) is 3.71. The van der Waals surface area contributed by atoms with Gasteiger partial charge in [0.15, 0.2) is 6.61 Å². The van der Waals surface area contributed by atoms with Crippen LogP contribution in [0.15, 0.2) is 77.4 Å². The highest BCUT2D eigenvalue weighted by atomic mass is 16.5. The van der Waals surface area contributed by atoms with Crippen LogP contribution in [0.2, 0.25) is 0 Å². The molecule has 31 heavy (non-hydrogen) atoms. The summed E-state index contributed by atoms with van der Waals surface area (Å²) in [4.78, 5) is 36.6. The minimum absolute atomic E-state index is 0.221. The second-order valence-electron chi connectivity index (χ2n) is 6.65. The van der Waals surface area contributed by atoms with Gasteiger partial charge in [-0.15, -0.1) is 0 Å². The Morgan fingerprint density at radius 1 is 1.00 bits per heavy atom. The molecule has 0 atom stereocenters. The fourth-order valence-electron chi connectivity index (χ4n) is 2.77. The molecule has 0 radical (unpaired) electrons. The molecule has 0 bridgehead atoms. The molecule has 0 unspecified atom stereocenters. The van der Waals surface area contributed by atoms with E-state index in [4.69, 9.17) is 9.15 Å². The first-order chi connectivity index (χ1) is 15.0. The fourth-order valence-corrected chi connectivity index (χ4v) is 2.77. The standard InChI is InChI=1S/C24H22N2O5/c1-17-7-2-3-8-18(17)12-13-23(28)31-16-22(27)26-21-11-5-4-10-20(21)24(29)25-15-19-9-6-14-30-19/h2-14H,15-16H2,1H3,(H,25,29)(H,26,27)/b13-12+. The van der Waals surface area contributed by atoms with Gasteiger partial charge in [0.2, 0.25) is 0 Å². The summed E-state index contributed by atoms with van der Waals surface area (Å²) in [6, 6.07) is 17.6. The average molecular weight is 418 g/mol. The molecule has 0 saturated carbocycles. The molecule has 7 heteroatoms. The number of aryl methyl sites for hydroxylation is 1. The third kappa shape index (κ3) is 6.43. The van der Waals surface area contributed by atoms with Crippen LogP contribution in [0.1, 0.15) is 27.2 Å². The van der Waals surface area contributed by atoms with Crippen molar-refractivity contribution in [2.24, 2.45) is 0 Å². The van der Waals surface area contributed by atoms with E-state index in [1.165, 1.54) is 12.3 Å². The third-order valence-electron chi connectivity index (χ3n) is 4.38. The fraction of sp³-hybridized carbons (Fsp3) is 0.125. The molecule has 0 aliphatic carbocycles. The average Bonchev–Trinajstić information content (AvgIpc) is 3.29. The number of rotatable bonds is 8. The Hall–Kier alpha value is -4.13. The van der Waals surface area contributed by atoms with Gasteiger partial charge in [-0.25, -0.2) is 4.79 Å². The predicted molar refractivity (Wildman–Crippen MR) is 116 cm³/mol. The van der Waals surface area contributed by atoms with Crippen LogP contribution in [-0.4, -0.2) is 24.4 Å². The maximum Gasteiger partial charge on any atom is 0.331 e. The lowest BCUT2D eigenvalue weighted by molar-refractivity contribution is -0.142. The smallest absolute Gasteiger partial charge is 0.331 e. The summed E-state index contributed by atoms with van der Waals surface area (Å²) < 4.78 is 10.2. The van der Waals surface area contributed by atoms with Crippen molar-refractivity contribution in [3.05, 3.63) is 95.5 Å². The van der Waals surface area contributed by atoms with E-state index in [-0.39, 0.29) is 18.0 Å². The van der Waals surface area contributed by atoms with E-state index in [2.05, 4.69) is 10.6 Å². The zero-order valence-corrected chi connectivity index (χ0v) is 17.0. The number of nitrogens with one attached hydrogen (secondary N) is 2. The monoisotopic (exact) mass is 418 g/mol. The number of amides is 2. The van der Waals surface area contributed by atoms with Gasteiger partial charge in [0.1, 0.15) is 5.76 Å².